The van der Waals surface area contributed by atoms with Crippen molar-refractivity contribution in [2.75, 3.05) is 26.7 Å². The maximum absolute atomic E-state index is 13.8. The van der Waals surface area contributed by atoms with Crippen LogP contribution in [0.3, 0.4) is 0 Å². The van der Waals surface area contributed by atoms with E-state index in [0.717, 1.165) is 21.5 Å². The van der Waals surface area contributed by atoms with Crippen LogP contribution in [0.2, 0.25) is 0 Å². The Kier molecular flexibility index (Phi) is 8.55. The third-order valence-electron chi connectivity index (χ3n) is 7.03. The molecule has 0 radical (unpaired) electrons. The summed E-state index contributed by atoms with van der Waals surface area (Å²) in [7, 11) is 3.57. The molecule has 1 aliphatic heterocycles. The van der Waals surface area contributed by atoms with Crippen LogP contribution in [0.25, 0.3) is 11.0 Å². The van der Waals surface area contributed by atoms with Gasteiger partial charge in [-0.3, -0.25) is 24.4 Å². The molecule has 2 N–H and O–H groups in total. The summed E-state index contributed by atoms with van der Waals surface area (Å²) in [4.78, 5) is 45.2. The van der Waals surface area contributed by atoms with Crippen molar-refractivity contribution in [2.24, 2.45) is 7.05 Å². The Bertz CT molecular complexity index is 1380. The molecule has 0 saturated carbocycles. The van der Waals surface area contributed by atoms with E-state index in [1.54, 1.807) is 46.7 Å². The van der Waals surface area contributed by atoms with Crippen LogP contribution in [0.1, 0.15) is 48.3 Å². The van der Waals surface area contributed by atoms with Crippen LogP contribution in [0, 0.1) is 17.0 Å². The Morgan fingerprint density at radius 1 is 1.26 bits per heavy atom. The fourth-order valence-corrected chi connectivity index (χ4v) is 6.08. The van der Waals surface area contributed by atoms with E-state index in [2.05, 4.69) is 34.6 Å². The number of rotatable bonds is 9. The third-order valence-corrected chi connectivity index (χ3v) is 8.16. The fraction of sp³-hybridized carbons (Fsp3) is 0.481. The SMILES string of the molecule is Cc1nn(C)c2ncc(C(=O)NC3(C(=O)N(C)CCc4ccc([N+](=O)[O-])cc4)CCNCC3)c(SC(C)C)c12. The predicted octanol–water partition coefficient (Wildman–Crippen LogP) is 3.24. The lowest BCUT2D eigenvalue weighted by atomic mass is 9.86. The summed E-state index contributed by atoms with van der Waals surface area (Å²) in [6, 6.07) is 6.34. The lowest BCUT2D eigenvalue weighted by molar-refractivity contribution is -0.384. The normalized spacial score (nSPS) is 14.9. The first-order valence-electron chi connectivity index (χ1n) is 13.0. The van der Waals surface area contributed by atoms with Crippen LogP contribution in [-0.4, -0.2) is 73.9 Å². The number of nitro benzene ring substituents is 1. The number of nitrogens with one attached hydrogen (secondary N) is 2. The van der Waals surface area contributed by atoms with Gasteiger partial charge in [-0.25, -0.2) is 4.98 Å². The number of hydrogen-bond donors (Lipinski definition) is 2. The summed E-state index contributed by atoms with van der Waals surface area (Å²) >= 11 is 1.59. The van der Waals surface area contributed by atoms with Crippen LogP contribution >= 0.6 is 11.8 Å². The van der Waals surface area contributed by atoms with E-state index in [4.69, 9.17) is 0 Å². The van der Waals surface area contributed by atoms with Crippen molar-refractivity contribution in [3.05, 3.63) is 57.4 Å². The highest BCUT2D eigenvalue weighted by molar-refractivity contribution is 8.00. The van der Waals surface area contributed by atoms with E-state index in [0.29, 0.717) is 50.1 Å². The molecule has 1 fully saturated rings. The van der Waals surface area contributed by atoms with Gasteiger partial charge in [-0.2, -0.15) is 5.10 Å². The third kappa shape index (κ3) is 6.06. The number of non-ortho nitro benzene ring substituents is 1. The van der Waals surface area contributed by atoms with Crippen molar-refractivity contribution in [2.45, 2.75) is 55.7 Å². The zero-order valence-electron chi connectivity index (χ0n) is 23.0. The first kappa shape index (κ1) is 28.5. The van der Waals surface area contributed by atoms with E-state index >= 15 is 0 Å². The minimum absolute atomic E-state index is 0.0312. The second kappa shape index (κ2) is 11.7. The molecule has 0 atom stereocenters. The summed E-state index contributed by atoms with van der Waals surface area (Å²) in [6.45, 7) is 7.68. The molecule has 3 aromatic rings. The van der Waals surface area contributed by atoms with Gasteiger partial charge in [-0.15, -0.1) is 11.8 Å². The Balaban J connectivity index is 1.58. The smallest absolute Gasteiger partial charge is 0.269 e. The molecule has 3 heterocycles. The van der Waals surface area contributed by atoms with Crippen molar-refractivity contribution < 1.29 is 14.5 Å². The Hall–Kier alpha value is -3.51. The number of fused-ring (bicyclic) bond motifs is 1. The van der Waals surface area contributed by atoms with E-state index in [1.165, 1.54) is 12.1 Å². The van der Waals surface area contributed by atoms with Crippen LogP contribution in [0.15, 0.2) is 35.4 Å². The standard InChI is InChI=1S/C27H35N7O4S/c1-17(2)39-23-21(16-29-24-22(23)18(3)31-33(24)5)25(35)30-27(11-13-28-14-12-27)26(36)32(4)15-10-19-6-8-20(9-7-19)34(37)38/h6-9,16-17,28H,10-15H2,1-5H3,(H,30,35). The number of amides is 2. The number of carbonyl (C=O) groups excluding carboxylic acids is 2. The molecular formula is C27H35N7O4S. The van der Waals surface area contributed by atoms with E-state index in [1.807, 2.05) is 14.0 Å². The van der Waals surface area contributed by atoms with Gasteiger partial charge in [0.25, 0.3) is 11.6 Å². The van der Waals surface area contributed by atoms with Gasteiger partial charge in [-0.1, -0.05) is 26.0 Å². The van der Waals surface area contributed by atoms with Crippen molar-refractivity contribution in [1.82, 2.24) is 30.3 Å². The first-order valence-corrected chi connectivity index (χ1v) is 13.9. The molecule has 0 spiro atoms. The minimum atomic E-state index is -1.05. The number of aryl methyl sites for hydroxylation is 2. The predicted molar refractivity (Wildman–Crippen MR) is 151 cm³/mol. The van der Waals surface area contributed by atoms with Gasteiger partial charge in [0.2, 0.25) is 5.91 Å². The molecule has 2 amide bonds. The molecule has 1 aliphatic rings. The number of carbonyl (C=O) groups is 2. The van der Waals surface area contributed by atoms with Gasteiger partial charge in [0.15, 0.2) is 5.65 Å². The number of aromatic nitrogens is 3. The fourth-order valence-electron chi connectivity index (χ4n) is 4.98. The lowest BCUT2D eigenvalue weighted by Gasteiger charge is -2.39. The Morgan fingerprint density at radius 3 is 2.54 bits per heavy atom. The highest BCUT2D eigenvalue weighted by Crippen LogP contribution is 2.35. The summed E-state index contributed by atoms with van der Waals surface area (Å²) < 4.78 is 1.72. The quantitative estimate of drug-likeness (QED) is 0.234. The molecule has 0 aliphatic carbocycles. The maximum atomic E-state index is 13.8. The van der Waals surface area contributed by atoms with Crippen LogP contribution < -0.4 is 10.6 Å². The molecule has 11 nitrogen and oxygen atoms in total. The average molecular weight is 554 g/mol. The Labute approximate surface area is 231 Å². The van der Waals surface area contributed by atoms with Crippen LogP contribution in [-0.2, 0) is 18.3 Å². The van der Waals surface area contributed by atoms with Gasteiger partial charge in [0.05, 0.1) is 21.6 Å². The zero-order chi connectivity index (χ0) is 28.3. The highest BCUT2D eigenvalue weighted by Gasteiger charge is 2.43. The topological polar surface area (TPSA) is 135 Å². The van der Waals surface area contributed by atoms with E-state index in [9.17, 15) is 19.7 Å². The van der Waals surface area contributed by atoms with Crippen molar-refractivity contribution >= 4 is 40.3 Å². The van der Waals surface area contributed by atoms with E-state index < -0.39 is 10.5 Å². The van der Waals surface area contributed by atoms with Crippen molar-refractivity contribution in [1.29, 1.82) is 0 Å². The molecule has 12 heteroatoms. The molecule has 0 bridgehead atoms. The number of piperidine rings is 1. The number of nitro groups is 1. The molecular weight excluding hydrogens is 518 g/mol. The molecule has 2 aromatic heterocycles. The highest BCUT2D eigenvalue weighted by atomic mass is 32.2. The lowest BCUT2D eigenvalue weighted by Crippen LogP contribution is -2.63. The van der Waals surface area contributed by atoms with Crippen molar-refractivity contribution in [3.63, 3.8) is 0 Å². The van der Waals surface area contributed by atoms with Crippen LogP contribution in [0.4, 0.5) is 5.69 Å². The minimum Gasteiger partial charge on any atom is -0.343 e. The molecule has 39 heavy (non-hydrogen) atoms. The Morgan fingerprint density at radius 2 is 1.92 bits per heavy atom. The molecule has 4 rings (SSSR count). The number of nitrogens with zero attached hydrogens (tertiary/aromatic N) is 5. The molecule has 1 saturated heterocycles. The van der Waals surface area contributed by atoms with Gasteiger partial charge in [0.1, 0.15) is 5.54 Å². The average Bonchev–Trinajstić information content (AvgIpc) is 3.20. The molecule has 208 valence electrons. The molecule has 1 aromatic carbocycles. The zero-order valence-corrected chi connectivity index (χ0v) is 23.8. The van der Waals surface area contributed by atoms with Gasteiger partial charge in [-0.05, 0) is 44.8 Å². The van der Waals surface area contributed by atoms with Gasteiger partial charge < -0.3 is 15.5 Å². The van der Waals surface area contributed by atoms with Gasteiger partial charge >= 0.3 is 0 Å². The largest absolute Gasteiger partial charge is 0.343 e. The summed E-state index contributed by atoms with van der Waals surface area (Å²) in [6.07, 6.45) is 3.06. The van der Waals surface area contributed by atoms with E-state index in [-0.39, 0.29) is 22.8 Å². The number of hydrogen-bond acceptors (Lipinski definition) is 8. The number of thioether (sulfide) groups is 1. The number of likely N-dealkylation sites (N-methyl/N-ethyl adjacent to an activating group) is 1. The van der Waals surface area contributed by atoms with Crippen LogP contribution in [0.5, 0.6) is 0 Å². The second-order valence-corrected chi connectivity index (χ2v) is 11.8. The number of pyridine rings is 1. The van der Waals surface area contributed by atoms with Crippen molar-refractivity contribution in [3.8, 4) is 0 Å². The first-order chi connectivity index (χ1) is 18.5. The summed E-state index contributed by atoms with van der Waals surface area (Å²) in [5, 5.41) is 22.9. The van der Waals surface area contributed by atoms with Gasteiger partial charge in [0, 0.05) is 49.1 Å². The molecule has 0 unspecified atom stereocenters. The summed E-state index contributed by atoms with van der Waals surface area (Å²) in [5.74, 6) is -0.473. The second-order valence-electron chi connectivity index (χ2n) is 10.3. The summed E-state index contributed by atoms with van der Waals surface area (Å²) in [5.41, 5.74) is 1.83. The maximum Gasteiger partial charge on any atom is 0.269 e. The monoisotopic (exact) mass is 553 g/mol. The number of benzene rings is 1.